The van der Waals surface area contributed by atoms with Gasteiger partial charge in [-0.15, -0.1) is 11.3 Å². The molecule has 126 valence electrons. The standard InChI is InChI=1S/C18H23N5S/c1-2-11-22(15(4-1)8-13-23-12-3-9-20-23)14-16-5-6-18(24-16)17-7-10-19-21-17/h3,5-7,9-10,12,15H,1-2,4,8,11,13-14H2,(H,19,21)/t15-/m1/s1. The predicted octanol–water partition coefficient (Wildman–Crippen LogP) is 3.78. The first kappa shape index (κ1) is 15.6. The molecule has 3 aromatic heterocycles. The summed E-state index contributed by atoms with van der Waals surface area (Å²) in [4.78, 5) is 5.37. The molecule has 1 aliphatic heterocycles. The van der Waals surface area contributed by atoms with Gasteiger partial charge in [0.25, 0.3) is 0 Å². The second kappa shape index (κ2) is 7.32. The third-order valence-corrected chi connectivity index (χ3v) is 5.89. The van der Waals surface area contributed by atoms with Gasteiger partial charge in [0.1, 0.15) is 0 Å². The van der Waals surface area contributed by atoms with Crippen LogP contribution in [-0.4, -0.2) is 37.5 Å². The van der Waals surface area contributed by atoms with E-state index in [4.69, 9.17) is 0 Å². The number of aryl methyl sites for hydroxylation is 1. The monoisotopic (exact) mass is 341 g/mol. The van der Waals surface area contributed by atoms with Crippen LogP contribution in [0.4, 0.5) is 0 Å². The number of nitrogens with one attached hydrogen (secondary N) is 1. The minimum absolute atomic E-state index is 0.667. The summed E-state index contributed by atoms with van der Waals surface area (Å²) in [7, 11) is 0. The number of thiophene rings is 1. The van der Waals surface area contributed by atoms with Gasteiger partial charge in [0.2, 0.25) is 0 Å². The van der Waals surface area contributed by atoms with E-state index in [2.05, 4.69) is 38.5 Å². The van der Waals surface area contributed by atoms with Crippen LogP contribution >= 0.6 is 11.3 Å². The van der Waals surface area contributed by atoms with Gasteiger partial charge in [0.15, 0.2) is 0 Å². The fourth-order valence-electron chi connectivity index (χ4n) is 3.51. The SMILES string of the molecule is c1cnn(CC[C@H]2CCCCN2Cc2ccc(-c3ccn[nH]3)s2)c1. The molecular weight excluding hydrogens is 318 g/mol. The fraction of sp³-hybridized carbons (Fsp3) is 0.444. The number of hydrogen-bond donors (Lipinski definition) is 1. The van der Waals surface area contributed by atoms with Crippen molar-refractivity contribution in [2.75, 3.05) is 6.54 Å². The Kier molecular flexibility index (Phi) is 4.76. The number of rotatable bonds is 6. The largest absolute Gasteiger partial charge is 0.295 e. The van der Waals surface area contributed by atoms with Crippen LogP contribution in [0.1, 0.15) is 30.6 Å². The van der Waals surface area contributed by atoms with Crippen LogP contribution in [0.2, 0.25) is 0 Å². The predicted molar refractivity (Wildman–Crippen MR) is 96.8 cm³/mol. The molecule has 0 aromatic carbocycles. The Morgan fingerprint density at radius 1 is 1.21 bits per heavy atom. The Balaban J connectivity index is 1.39. The van der Waals surface area contributed by atoms with Crippen LogP contribution in [0, 0.1) is 0 Å². The molecule has 5 nitrogen and oxygen atoms in total. The minimum atomic E-state index is 0.667. The molecule has 1 aliphatic rings. The van der Waals surface area contributed by atoms with Crippen molar-refractivity contribution in [1.82, 2.24) is 24.9 Å². The van der Waals surface area contributed by atoms with Gasteiger partial charge in [-0.25, -0.2) is 0 Å². The molecule has 4 rings (SSSR count). The molecule has 0 saturated carbocycles. The van der Waals surface area contributed by atoms with Gasteiger partial charge < -0.3 is 0 Å². The summed E-state index contributed by atoms with van der Waals surface area (Å²) in [5, 5.41) is 11.4. The first-order valence-corrected chi connectivity index (χ1v) is 9.50. The minimum Gasteiger partial charge on any atom is -0.295 e. The summed E-state index contributed by atoms with van der Waals surface area (Å²) < 4.78 is 2.05. The summed E-state index contributed by atoms with van der Waals surface area (Å²) in [5.41, 5.74) is 1.11. The van der Waals surface area contributed by atoms with Crippen molar-refractivity contribution < 1.29 is 0 Å². The quantitative estimate of drug-likeness (QED) is 0.742. The Labute approximate surface area is 146 Å². The van der Waals surface area contributed by atoms with E-state index in [-0.39, 0.29) is 0 Å². The topological polar surface area (TPSA) is 49.7 Å². The maximum absolute atomic E-state index is 4.33. The molecule has 0 amide bonds. The van der Waals surface area contributed by atoms with Crippen molar-refractivity contribution >= 4 is 11.3 Å². The third kappa shape index (κ3) is 3.60. The molecule has 0 radical (unpaired) electrons. The summed E-state index contributed by atoms with van der Waals surface area (Å²) in [6.45, 7) is 3.28. The zero-order chi connectivity index (χ0) is 16.2. The van der Waals surface area contributed by atoms with Gasteiger partial charge in [-0.3, -0.25) is 14.7 Å². The number of piperidine rings is 1. The molecule has 24 heavy (non-hydrogen) atoms. The molecule has 1 atom stereocenters. The van der Waals surface area contributed by atoms with Crippen LogP contribution < -0.4 is 0 Å². The van der Waals surface area contributed by atoms with Crippen molar-refractivity contribution in [3.8, 4) is 10.6 Å². The average Bonchev–Trinajstić information content (AvgIpc) is 3.36. The Morgan fingerprint density at radius 2 is 2.21 bits per heavy atom. The Bertz CT molecular complexity index is 731. The lowest BCUT2D eigenvalue weighted by Gasteiger charge is -2.35. The van der Waals surface area contributed by atoms with E-state index < -0.39 is 0 Å². The Morgan fingerprint density at radius 3 is 3.04 bits per heavy atom. The van der Waals surface area contributed by atoms with E-state index in [9.17, 15) is 0 Å². The highest BCUT2D eigenvalue weighted by Gasteiger charge is 2.23. The van der Waals surface area contributed by atoms with Gasteiger partial charge >= 0.3 is 0 Å². The number of likely N-dealkylation sites (tertiary alicyclic amines) is 1. The number of aromatic nitrogens is 4. The third-order valence-electron chi connectivity index (χ3n) is 4.79. The van der Waals surface area contributed by atoms with Crippen molar-refractivity contribution in [3.05, 3.63) is 47.7 Å². The molecule has 3 aromatic rings. The maximum atomic E-state index is 4.33. The first-order chi connectivity index (χ1) is 11.9. The van der Waals surface area contributed by atoms with E-state index >= 15 is 0 Å². The normalized spacial score (nSPS) is 18.9. The number of nitrogens with zero attached hydrogens (tertiary/aromatic N) is 4. The van der Waals surface area contributed by atoms with Crippen LogP contribution in [0.3, 0.4) is 0 Å². The molecule has 0 unspecified atom stereocenters. The molecule has 6 heteroatoms. The van der Waals surface area contributed by atoms with Crippen LogP contribution in [0.15, 0.2) is 42.9 Å². The summed E-state index contributed by atoms with van der Waals surface area (Å²) >= 11 is 1.87. The average molecular weight is 341 g/mol. The van der Waals surface area contributed by atoms with Crippen LogP contribution in [0.5, 0.6) is 0 Å². The molecular formula is C18H23N5S. The molecule has 1 saturated heterocycles. The molecule has 1 fully saturated rings. The highest BCUT2D eigenvalue weighted by Crippen LogP contribution is 2.29. The van der Waals surface area contributed by atoms with Crippen LogP contribution in [-0.2, 0) is 13.1 Å². The molecule has 1 N–H and O–H groups in total. The number of aromatic amines is 1. The van der Waals surface area contributed by atoms with Gasteiger partial charge in [-0.1, -0.05) is 6.42 Å². The Hall–Kier alpha value is -1.92. The van der Waals surface area contributed by atoms with Crippen molar-refractivity contribution in [2.24, 2.45) is 0 Å². The molecule has 0 spiro atoms. The van der Waals surface area contributed by atoms with Gasteiger partial charge in [0.05, 0.1) is 10.6 Å². The summed E-state index contributed by atoms with van der Waals surface area (Å²) in [6, 6.07) is 9.17. The van der Waals surface area contributed by atoms with Crippen molar-refractivity contribution in [2.45, 2.75) is 44.8 Å². The van der Waals surface area contributed by atoms with Crippen molar-refractivity contribution in [1.29, 1.82) is 0 Å². The van der Waals surface area contributed by atoms with E-state index in [1.807, 2.05) is 40.5 Å². The lowest BCUT2D eigenvalue weighted by molar-refractivity contribution is 0.128. The highest BCUT2D eigenvalue weighted by molar-refractivity contribution is 7.15. The molecule has 4 heterocycles. The van der Waals surface area contributed by atoms with Gasteiger partial charge in [0, 0.05) is 42.6 Å². The zero-order valence-electron chi connectivity index (χ0n) is 13.8. The van der Waals surface area contributed by atoms with Gasteiger partial charge in [-0.05, 0) is 50.1 Å². The molecule has 0 bridgehead atoms. The first-order valence-electron chi connectivity index (χ1n) is 8.68. The van der Waals surface area contributed by atoms with E-state index in [0.29, 0.717) is 6.04 Å². The lowest BCUT2D eigenvalue weighted by Crippen LogP contribution is -2.39. The smallest absolute Gasteiger partial charge is 0.0749 e. The van der Waals surface area contributed by atoms with E-state index in [1.165, 1.54) is 42.0 Å². The number of hydrogen-bond acceptors (Lipinski definition) is 4. The maximum Gasteiger partial charge on any atom is 0.0749 e. The zero-order valence-corrected chi connectivity index (χ0v) is 14.6. The van der Waals surface area contributed by atoms with Crippen LogP contribution in [0.25, 0.3) is 10.6 Å². The molecule has 0 aliphatic carbocycles. The summed E-state index contributed by atoms with van der Waals surface area (Å²) in [6.07, 6.45) is 10.9. The fourth-order valence-corrected chi connectivity index (χ4v) is 4.52. The van der Waals surface area contributed by atoms with E-state index in [1.54, 1.807) is 0 Å². The summed E-state index contributed by atoms with van der Waals surface area (Å²) in [5.74, 6) is 0. The second-order valence-corrected chi connectivity index (χ2v) is 7.58. The van der Waals surface area contributed by atoms with Gasteiger partial charge in [-0.2, -0.15) is 10.2 Å². The highest BCUT2D eigenvalue weighted by atomic mass is 32.1. The second-order valence-electron chi connectivity index (χ2n) is 6.41. The van der Waals surface area contributed by atoms with Crippen molar-refractivity contribution in [3.63, 3.8) is 0 Å². The number of H-pyrrole nitrogens is 1. The van der Waals surface area contributed by atoms with E-state index in [0.717, 1.165) is 18.8 Å². The lowest BCUT2D eigenvalue weighted by atomic mass is 9.99.